The first-order valence-corrected chi connectivity index (χ1v) is 10.3. The molecule has 154 valence electrons. The molecule has 0 aliphatic carbocycles. The number of aryl methyl sites for hydroxylation is 1. The molecule has 4 rings (SSSR count). The number of carbonyl (C=O) groups is 2. The topological polar surface area (TPSA) is 69.6 Å². The number of rotatable bonds is 4. The van der Waals surface area contributed by atoms with Crippen molar-refractivity contribution in [3.05, 3.63) is 77.4 Å². The van der Waals surface area contributed by atoms with Gasteiger partial charge in [0, 0.05) is 11.9 Å². The van der Waals surface area contributed by atoms with Gasteiger partial charge in [0.2, 0.25) is 5.91 Å². The summed E-state index contributed by atoms with van der Waals surface area (Å²) in [7, 11) is 0. The molecule has 0 saturated carbocycles. The zero-order chi connectivity index (χ0) is 21.3. The molecule has 5 heteroatoms. The molecular weight excluding hydrogens is 376 g/mol. The molecule has 1 aliphatic rings. The highest BCUT2D eigenvalue weighted by Crippen LogP contribution is 2.31. The van der Waals surface area contributed by atoms with Crippen molar-refractivity contribution in [3.8, 4) is 5.75 Å². The summed E-state index contributed by atoms with van der Waals surface area (Å²) < 4.78 is 0. The van der Waals surface area contributed by atoms with Crippen LogP contribution in [0.25, 0.3) is 10.8 Å². The average molecular weight is 402 g/mol. The summed E-state index contributed by atoms with van der Waals surface area (Å²) >= 11 is 0. The van der Waals surface area contributed by atoms with E-state index in [9.17, 15) is 14.7 Å². The summed E-state index contributed by atoms with van der Waals surface area (Å²) in [6.07, 6.45) is 1.38. The van der Waals surface area contributed by atoms with Crippen molar-refractivity contribution in [2.24, 2.45) is 0 Å². The quantitative estimate of drug-likeness (QED) is 0.682. The maximum atomic E-state index is 13.2. The molecule has 2 atom stereocenters. The lowest BCUT2D eigenvalue weighted by Gasteiger charge is -2.26. The van der Waals surface area contributed by atoms with Gasteiger partial charge in [-0.3, -0.25) is 9.59 Å². The first kappa shape index (κ1) is 20.0. The van der Waals surface area contributed by atoms with Crippen molar-refractivity contribution in [3.63, 3.8) is 0 Å². The molecule has 0 aromatic heterocycles. The second kappa shape index (κ2) is 8.19. The summed E-state index contributed by atoms with van der Waals surface area (Å²) in [6, 6.07) is 18.2. The van der Waals surface area contributed by atoms with E-state index in [1.54, 1.807) is 17.0 Å². The van der Waals surface area contributed by atoms with Crippen LogP contribution in [0, 0.1) is 6.92 Å². The van der Waals surface area contributed by atoms with Gasteiger partial charge in [-0.2, -0.15) is 0 Å². The Bertz CT molecular complexity index is 1090. The monoisotopic (exact) mass is 402 g/mol. The van der Waals surface area contributed by atoms with Crippen LogP contribution in [0.4, 0.5) is 0 Å². The largest absolute Gasteiger partial charge is 0.506 e. The summed E-state index contributed by atoms with van der Waals surface area (Å²) in [4.78, 5) is 27.8. The van der Waals surface area contributed by atoms with E-state index in [4.69, 9.17) is 0 Å². The van der Waals surface area contributed by atoms with Crippen molar-refractivity contribution < 1.29 is 14.7 Å². The third-order valence-corrected chi connectivity index (χ3v) is 5.88. The summed E-state index contributed by atoms with van der Waals surface area (Å²) in [5.74, 6) is -0.495. The SMILES string of the molecule is Cc1ccc(C(C)NC(=O)C2CCCN2C(=O)c2ccc3ccccc3c2O)cc1. The lowest BCUT2D eigenvalue weighted by molar-refractivity contribution is -0.125. The Morgan fingerprint density at radius 3 is 2.57 bits per heavy atom. The van der Waals surface area contributed by atoms with E-state index < -0.39 is 6.04 Å². The third kappa shape index (κ3) is 3.75. The predicted molar refractivity (Wildman–Crippen MR) is 117 cm³/mol. The van der Waals surface area contributed by atoms with Crippen molar-refractivity contribution >= 4 is 22.6 Å². The second-order valence-electron chi connectivity index (χ2n) is 7.98. The minimum atomic E-state index is -0.531. The van der Waals surface area contributed by atoms with Gasteiger partial charge in [0.05, 0.1) is 11.6 Å². The standard InChI is InChI=1S/C25H26N2O3/c1-16-9-11-18(12-10-16)17(2)26-24(29)22-8-5-15-27(22)25(30)21-14-13-19-6-3-4-7-20(19)23(21)28/h3-4,6-7,9-14,17,22,28H,5,8,15H2,1-2H3,(H,26,29). The Balaban J connectivity index is 1.53. The minimum Gasteiger partial charge on any atom is -0.506 e. The predicted octanol–water partition coefficient (Wildman–Crippen LogP) is 4.34. The highest BCUT2D eigenvalue weighted by atomic mass is 16.3. The number of carbonyl (C=O) groups excluding carboxylic acids is 2. The fraction of sp³-hybridized carbons (Fsp3) is 0.280. The summed E-state index contributed by atoms with van der Waals surface area (Å²) in [6.45, 7) is 4.47. The van der Waals surface area contributed by atoms with Crippen LogP contribution in [0.2, 0.25) is 0 Å². The number of nitrogens with zero attached hydrogens (tertiary/aromatic N) is 1. The van der Waals surface area contributed by atoms with E-state index in [-0.39, 0.29) is 29.2 Å². The van der Waals surface area contributed by atoms with E-state index in [0.29, 0.717) is 18.4 Å². The van der Waals surface area contributed by atoms with Crippen LogP contribution in [0.15, 0.2) is 60.7 Å². The molecular formula is C25H26N2O3. The van der Waals surface area contributed by atoms with Gasteiger partial charge >= 0.3 is 0 Å². The minimum absolute atomic E-state index is 0.0304. The molecule has 2 unspecified atom stereocenters. The van der Waals surface area contributed by atoms with Gasteiger partial charge in [0.15, 0.2) is 0 Å². The highest BCUT2D eigenvalue weighted by Gasteiger charge is 2.36. The molecule has 30 heavy (non-hydrogen) atoms. The van der Waals surface area contributed by atoms with Crippen LogP contribution in [0.5, 0.6) is 5.75 Å². The molecule has 1 aliphatic heterocycles. The highest BCUT2D eigenvalue weighted by molar-refractivity contribution is 6.05. The van der Waals surface area contributed by atoms with Crippen LogP contribution in [-0.4, -0.2) is 34.4 Å². The normalized spacial score (nSPS) is 17.1. The van der Waals surface area contributed by atoms with Gasteiger partial charge in [-0.05, 0) is 43.7 Å². The number of hydrogen-bond acceptors (Lipinski definition) is 3. The van der Waals surface area contributed by atoms with Gasteiger partial charge in [0.1, 0.15) is 11.8 Å². The first-order chi connectivity index (χ1) is 14.5. The number of phenolic OH excluding ortho intramolecular Hbond substituents is 1. The molecule has 1 heterocycles. The van der Waals surface area contributed by atoms with Crippen LogP contribution in [0.3, 0.4) is 0 Å². The molecule has 3 aromatic rings. The number of amides is 2. The van der Waals surface area contributed by atoms with Crippen LogP contribution in [-0.2, 0) is 4.79 Å². The zero-order valence-electron chi connectivity index (χ0n) is 17.3. The average Bonchev–Trinajstić information content (AvgIpc) is 3.24. The summed E-state index contributed by atoms with van der Waals surface area (Å²) in [5.41, 5.74) is 2.43. The Labute approximate surface area is 176 Å². The number of fused-ring (bicyclic) bond motifs is 1. The van der Waals surface area contributed by atoms with Crippen molar-refractivity contribution in [2.45, 2.75) is 38.8 Å². The van der Waals surface area contributed by atoms with Crippen LogP contribution >= 0.6 is 0 Å². The number of nitrogens with one attached hydrogen (secondary N) is 1. The van der Waals surface area contributed by atoms with E-state index in [2.05, 4.69) is 5.32 Å². The van der Waals surface area contributed by atoms with Crippen molar-refractivity contribution in [2.75, 3.05) is 6.54 Å². The van der Waals surface area contributed by atoms with Crippen LogP contribution < -0.4 is 5.32 Å². The molecule has 1 saturated heterocycles. The fourth-order valence-electron chi connectivity index (χ4n) is 4.11. The Morgan fingerprint density at radius 1 is 1.07 bits per heavy atom. The number of hydrogen-bond donors (Lipinski definition) is 2. The van der Waals surface area contributed by atoms with Crippen molar-refractivity contribution in [1.82, 2.24) is 10.2 Å². The molecule has 1 fully saturated rings. The number of aromatic hydroxyl groups is 1. The molecule has 0 radical (unpaired) electrons. The molecule has 2 N–H and O–H groups in total. The number of likely N-dealkylation sites (tertiary alicyclic amines) is 1. The fourth-order valence-corrected chi connectivity index (χ4v) is 4.11. The summed E-state index contributed by atoms with van der Waals surface area (Å²) in [5, 5.41) is 15.2. The van der Waals surface area contributed by atoms with E-state index in [0.717, 1.165) is 17.4 Å². The van der Waals surface area contributed by atoms with Crippen LogP contribution in [0.1, 0.15) is 47.3 Å². The molecule has 0 bridgehead atoms. The van der Waals surface area contributed by atoms with E-state index in [1.807, 2.05) is 62.4 Å². The van der Waals surface area contributed by atoms with E-state index in [1.165, 1.54) is 5.56 Å². The lowest BCUT2D eigenvalue weighted by Crippen LogP contribution is -2.46. The second-order valence-corrected chi connectivity index (χ2v) is 7.98. The molecule has 5 nitrogen and oxygen atoms in total. The molecule has 2 amide bonds. The van der Waals surface area contributed by atoms with Gasteiger partial charge < -0.3 is 15.3 Å². The maximum Gasteiger partial charge on any atom is 0.258 e. The van der Waals surface area contributed by atoms with Gasteiger partial charge in [-0.1, -0.05) is 60.2 Å². The Hall–Kier alpha value is -3.34. The van der Waals surface area contributed by atoms with Gasteiger partial charge in [-0.25, -0.2) is 0 Å². The lowest BCUT2D eigenvalue weighted by atomic mass is 10.0. The molecule has 3 aromatic carbocycles. The number of benzene rings is 3. The maximum absolute atomic E-state index is 13.2. The Morgan fingerprint density at radius 2 is 1.80 bits per heavy atom. The van der Waals surface area contributed by atoms with Gasteiger partial charge in [-0.15, -0.1) is 0 Å². The molecule has 0 spiro atoms. The van der Waals surface area contributed by atoms with Gasteiger partial charge in [0.25, 0.3) is 5.91 Å². The number of phenols is 1. The first-order valence-electron chi connectivity index (χ1n) is 10.3. The zero-order valence-corrected chi connectivity index (χ0v) is 17.3. The van der Waals surface area contributed by atoms with E-state index >= 15 is 0 Å². The Kier molecular flexibility index (Phi) is 5.44. The smallest absolute Gasteiger partial charge is 0.258 e. The van der Waals surface area contributed by atoms with Crippen molar-refractivity contribution in [1.29, 1.82) is 0 Å². The third-order valence-electron chi connectivity index (χ3n) is 5.88.